The van der Waals surface area contributed by atoms with Crippen LogP contribution < -0.4 is 10.6 Å². The van der Waals surface area contributed by atoms with Crippen molar-refractivity contribution in [3.8, 4) is 0 Å². The first-order valence-electron chi connectivity index (χ1n) is 10.0. The standard InChI is InChI=1S/C21H29N5O/c1-16-11-18(14-26(16)13-17-7-3-2-4-8-17)24-21(27)22-12-19-15-25-10-6-5-9-20(25)23-19/h2-4,7-8,15-16,18H,5-6,9-14H2,1H3,(H2,22,24,27). The van der Waals surface area contributed by atoms with Gasteiger partial charge in [0.15, 0.2) is 0 Å². The number of likely N-dealkylation sites (tertiary alicyclic amines) is 1. The van der Waals surface area contributed by atoms with Crippen LogP contribution in [0.5, 0.6) is 0 Å². The third-order valence-corrected chi connectivity index (χ3v) is 5.66. The van der Waals surface area contributed by atoms with Gasteiger partial charge in [-0.05, 0) is 31.7 Å². The Balaban J connectivity index is 1.24. The van der Waals surface area contributed by atoms with Gasteiger partial charge >= 0.3 is 6.03 Å². The Labute approximate surface area is 161 Å². The van der Waals surface area contributed by atoms with Gasteiger partial charge in [-0.1, -0.05) is 30.3 Å². The molecule has 144 valence electrons. The molecule has 1 aromatic carbocycles. The fourth-order valence-corrected chi connectivity index (χ4v) is 4.21. The van der Waals surface area contributed by atoms with Crippen molar-refractivity contribution in [2.75, 3.05) is 6.54 Å². The fourth-order valence-electron chi connectivity index (χ4n) is 4.21. The highest BCUT2D eigenvalue weighted by atomic mass is 16.2. The van der Waals surface area contributed by atoms with Gasteiger partial charge in [0, 0.05) is 44.3 Å². The number of amides is 2. The molecule has 0 saturated carbocycles. The van der Waals surface area contributed by atoms with Gasteiger partial charge < -0.3 is 15.2 Å². The maximum absolute atomic E-state index is 12.3. The molecular formula is C21H29N5O. The number of aromatic nitrogens is 2. The van der Waals surface area contributed by atoms with Gasteiger partial charge in [0.25, 0.3) is 0 Å². The van der Waals surface area contributed by atoms with Gasteiger partial charge in [0.05, 0.1) is 12.2 Å². The SMILES string of the molecule is CC1CC(NC(=O)NCc2cn3c(n2)CCCC3)CN1Cc1ccccc1. The molecular weight excluding hydrogens is 338 g/mol. The Morgan fingerprint density at radius 1 is 1.26 bits per heavy atom. The second-order valence-corrected chi connectivity index (χ2v) is 7.82. The molecule has 2 aromatic rings. The van der Waals surface area contributed by atoms with Crippen molar-refractivity contribution < 1.29 is 4.79 Å². The summed E-state index contributed by atoms with van der Waals surface area (Å²) in [6.07, 6.45) is 6.54. The molecule has 2 aliphatic heterocycles. The second-order valence-electron chi connectivity index (χ2n) is 7.82. The Morgan fingerprint density at radius 2 is 2.11 bits per heavy atom. The Morgan fingerprint density at radius 3 is 2.93 bits per heavy atom. The van der Waals surface area contributed by atoms with Crippen LogP contribution in [0.15, 0.2) is 36.5 Å². The minimum absolute atomic E-state index is 0.0975. The van der Waals surface area contributed by atoms with Crippen LogP contribution in [-0.4, -0.2) is 39.1 Å². The molecule has 2 aliphatic rings. The van der Waals surface area contributed by atoms with E-state index in [-0.39, 0.29) is 12.1 Å². The van der Waals surface area contributed by atoms with E-state index >= 15 is 0 Å². The van der Waals surface area contributed by atoms with Gasteiger partial charge in [0.1, 0.15) is 5.82 Å². The zero-order chi connectivity index (χ0) is 18.6. The highest BCUT2D eigenvalue weighted by molar-refractivity contribution is 5.74. The number of hydrogen-bond donors (Lipinski definition) is 2. The topological polar surface area (TPSA) is 62.2 Å². The summed E-state index contributed by atoms with van der Waals surface area (Å²) in [5.74, 6) is 1.15. The highest BCUT2D eigenvalue weighted by Crippen LogP contribution is 2.20. The molecule has 3 heterocycles. The molecule has 2 unspecified atom stereocenters. The zero-order valence-electron chi connectivity index (χ0n) is 16.0. The Kier molecular flexibility index (Phi) is 5.43. The average Bonchev–Trinajstić information content (AvgIpc) is 3.24. The largest absolute Gasteiger partial charge is 0.335 e. The molecule has 0 radical (unpaired) electrons. The Hall–Kier alpha value is -2.34. The lowest BCUT2D eigenvalue weighted by Gasteiger charge is -2.20. The summed E-state index contributed by atoms with van der Waals surface area (Å²) >= 11 is 0. The molecule has 27 heavy (non-hydrogen) atoms. The van der Waals surface area contributed by atoms with Crippen LogP contribution in [0.1, 0.15) is 43.3 Å². The molecule has 2 N–H and O–H groups in total. The van der Waals surface area contributed by atoms with E-state index in [9.17, 15) is 4.79 Å². The van der Waals surface area contributed by atoms with Gasteiger partial charge in [0.2, 0.25) is 0 Å². The summed E-state index contributed by atoms with van der Waals surface area (Å²) in [6, 6.07) is 11.1. The monoisotopic (exact) mass is 367 g/mol. The molecule has 4 rings (SSSR count). The van der Waals surface area contributed by atoms with Crippen molar-refractivity contribution in [1.29, 1.82) is 0 Å². The third kappa shape index (κ3) is 4.50. The van der Waals surface area contributed by atoms with E-state index in [1.807, 2.05) is 6.07 Å². The predicted molar refractivity (Wildman–Crippen MR) is 105 cm³/mol. The summed E-state index contributed by atoms with van der Waals surface area (Å²) in [6.45, 7) is 5.59. The second kappa shape index (κ2) is 8.13. The summed E-state index contributed by atoms with van der Waals surface area (Å²) in [4.78, 5) is 19.4. The van der Waals surface area contributed by atoms with E-state index in [1.54, 1.807) is 0 Å². The minimum Gasteiger partial charge on any atom is -0.335 e. The number of urea groups is 1. The van der Waals surface area contributed by atoms with Crippen LogP contribution in [-0.2, 0) is 26.1 Å². The number of benzene rings is 1. The van der Waals surface area contributed by atoms with Crippen molar-refractivity contribution in [3.63, 3.8) is 0 Å². The van der Waals surface area contributed by atoms with Gasteiger partial charge in [-0.2, -0.15) is 0 Å². The molecule has 1 aromatic heterocycles. The normalized spacial score (nSPS) is 22.4. The summed E-state index contributed by atoms with van der Waals surface area (Å²) < 4.78 is 2.22. The van der Waals surface area contributed by atoms with Crippen LogP contribution in [0.3, 0.4) is 0 Å². The molecule has 6 heteroatoms. The van der Waals surface area contributed by atoms with E-state index in [2.05, 4.69) is 62.5 Å². The molecule has 6 nitrogen and oxygen atoms in total. The minimum atomic E-state index is -0.0975. The Bertz CT molecular complexity index is 749. The van der Waals surface area contributed by atoms with E-state index < -0.39 is 0 Å². The van der Waals surface area contributed by atoms with Crippen molar-refractivity contribution in [2.45, 2.75) is 64.3 Å². The third-order valence-electron chi connectivity index (χ3n) is 5.66. The van der Waals surface area contributed by atoms with Crippen LogP contribution >= 0.6 is 0 Å². The van der Waals surface area contributed by atoms with Crippen molar-refractivity contribution in [2.24, 2.45) is 0 Å². The molecule has 1 saturated heterocycles. The van der Waals surface area contributed by atoms with Gasteiger partial charge in [-0.25, -0.2) is 9.78 Å². The maximum atomic E-state index is 12.3. The van der Waals surface area contributed by atoms with Crippen LogP contribution in [0.4, 0.5) is 4.79 Å². The van der Waals surface area contributed by atoms with Crippen molar-refractivity contribution >= 4 is 6.03 Å². The first-order chi connectivity index (χ1) is 13.2. The molecule has 0 spiro atoms. The van der Waals surface area contributed by atoms with E-state index in [4.69, 9.17) is 0 Å². The van der Waals surface area contributed by atoms with Crippen LogP contribution in [0.25, 0.3) is 0 Å². The lowest BCUT2D eigenvalue weighted by atomic mass is 10.2. The number of hydrogen-bond acceptors (Lipinski definition) is 3. The first-order valence-corrected chi connectivity index (χ1v) is 10.0. The molecule has 2 atom stereocenters. The number of carbonyl (C=O) groups is 1. The predicted octanol–water partition coefficient (Wildman–Crippen LogP) is 2.68. The zero-order valence-corrected chi connectivity index (χ0v) is 16.0. The maximum Gasteiger partial charge on any atom is 0.315 e. The van der Waals surface area contributed by atoms with Gasteiger partial charge in [-0.15, -0.1) is 0 Å². The quantitative estimate of drug-likeness (QED) is 0.854. The lowest BCUT2D eigenvalue weighted by molar-refractivity contribution is 0.234. The summed E-state index contributed by atoms with van der Waals surface area (Å²) in [7, 11) is 0. The number of nitrogens with zero attached hydrogens (tertiary/aromatic N) is 3. The van der Waals surface area contributed by atoms with E-state index in [0.717, 1.165) is 44.0 Å². The van der Waals surface area contributed by atoms with E-state index in [0.29, 0.717) is 12.6 Å². The number of aryl methyl sites for hydroxylation is 2. The summed E-state index contributed by atoms with van der Waals surface area (Å²) in [5.41, 5.74) is 2.27. The van der Waals surface area contributed by atoms with Crippen molar-refractivity contribution in [1.82, 2.24) is 25.1 Å². The lowest BCUT2D eigenvalue weighted by Crippen LogP contribution is -2.43. The average molecular weight is 367 g/mol. The smallest absolute Gasteiger partial charge is 0.315 e. The van der Waals surface area contributed by atoms with Crippen LogP contribution in [0.2, 0.25) is 0 Å². The number of imidazole rings is 1. The number of carbonyl (C=O) groups excluding carboxylic acids is 1. The fraction of sp³-hybridized carbons (Fsp3) is 0.524. The number of fused-ring (bicyclic) bond motifs is 1. The van der Waals surface area contributed by atoms with Crippen LogP contribution in [0, 0.1) is 0 Å². The van der Waals surface area contributed by atoms with Crippen molar-refractivity contribution in [3.05, 3.63) is 53.6 Å². The number of rotatable bonds is 5. The molecule has 1 fully saturated rings. The first kappa shape index (κ1) is 18.0. The summed E-state index contributed by atoms with van der Waals surface area (Å²) in [5, 5.41) is 6.10. The molecule has 0 bridgehead atoms. The molecule has 2 amide bonds. The highest BCUT2D eigenvalue weighted by Gasteiger charge is 2.29. The number of nitrogens with one attached hydrogen (secondary N) is 2. The van der Waals surface area contributed by atoms with Gasteiger partial charge in [-0.3, -0.25) is 4.90 Å². The molecule has 0 aliphatic carbocycles. The van der Waals surface area contributed by atoms with E-state index in [1.165, 1.54) is 18.4 Å².